The maximum absolute atomic E-state index is 12.7. The number of benzene rings is 1. The van der Waals surface area contributed by atoms with Crippen LogP contribution in [0.15, 0.2) is 42.6 Å². The zero-order valence-electron chi connectivity index (χ0n) is 16.0. The second kappa shape index (κ2) is 6.63. The smallest absolute Gasteiger partial charge is 0.272 e. The van der Waals surface area contributed by atoms with Gasteiger partial charge in [0.05, 0.1) is 12.6 Å². The van der Waals surface area contributed by atoms with Crippen molar-refractivity contribution in [1.29, 1.82) is 0 Å². The van der Waals surface area contributed by atoms with Crippen molar-refractivity contribution in [2.45, 2.75) is 24.8 Å². The summed E-state index contributed by atoms with van der Waals surface area (Å²) in [6.07, 6.45) is 4.46. The SMILES string of the molecule is COc1ccc2[nH]c3c(c2c1)CCNC31CCN(C(=O)c2ccccn2)CC1. The molecule has 5 rings (SSSR count). The summed E-state index contributed by atoms with van der Waals surface area (Å²) in [7, 11) is 1.71. The number of H-pyrrole nitrogens is 1. The van der Waals surface area contributed by atoms with E-state index in [4.69, 9.17) is 4.74 Å². The summed E-state index contributed by atoms with van der Waals surface area (Å²) in [6.45, 7) is 2.40. The van der Waals surface area contributed by atoms with Gasteiger partial charge in [0.1, 0.15) is 11.4 Å². The van der Waals surface area contributed by atoms with E-state index in [-0.39, 0.29) is 11.4 Å². The van der Waals surface area contributed by atoms with E-state index >= 15 is 0 Å². The van der Waals surface area contributed by atoms with Crippen LogP contribution in [-0.2, 0) is 12.0 Å². The van der Waals surface area contributed by atoms with Crippen molar-refractivity contribution < 1.29 is 9.53 Å². The van der Waals surface area contributed by atoms with Crippen molar-refractivity contribution >= 4 is 16.8 Å². The molecule has 3 aromatic rings. The molecule has 2 N–H and O–H groups in total. The second-order valence-electron chi connectivity index (χ2n) is 7.66. The lowest BCUT2D eigenvalue weighted by atomic mass is 9.79. The second-order valence-corrected chi connectivity index (χ2v) is 7.66. The van der Waals surface area contributed by atoms with Crippen LogP contribution in [0.2, 0.25) is 0 Å². The number of piperidine rings is 1. The molecule has 1 fully saturated rings. The summed E-state index contributed by atoms with van der Waals surface area (Å²) in [4.78, 5) is 22.6. The number of carbonyl (C=O) groups is 1. The number of carbonyl (C=O) groups excluding carboxylic acids is 1. The molecule has 4 heterocycles. The average molecular weight is 376 g/mol. The molecule has 0 radical (unpaired) electrons. The van der Waals surface area contributed by atoms with Gasteiger partial charge in [-0.2, -0.15) is 0 Å². The maximum atomic E-state index is 12.7. The molecule has 1 spiro atoms. The maximum Gasteiger partial charge on any atom is 0.272 e. The number of nitrogens with one attached hydrogen (secondary N) is 2. The van der Waals surface area contributed by atoms with Crippen LogP contribution in [0.5, 0.6) is 5.75 Å². The summed E-state index contributed by atoms with van der Waals surface area (Å²) in [5.74, 6) is 0.908. The highest BCUT2D eigenvalue weighted by molar-refractivity contribution is 5.92. The third-order valence-corrected chi connectivity index (χ3v) is 6.22. The molecule has 2 aliphatic rings. The molecule has 2 aromatic heterocycles. The molecule has 2 aliphatic heterocycles. The monoisotopic (exact) mass is 376 g/mol. The summed E-state index contributed by atoms with van der Waals surface area (Å²) < 4.78 is 5.42. The van der Waals surface area contributed by atoms with Gasteiger partial charge < -0.3 is 19.9 Å². The van der Waals surface area contributed by atoms with Gasteiger partial charge in [-0.1, -0.05) is 6.07 Å². The molecular formula is C22H24N4O2. The molecule has 0 atom stereocenters. The van der Waals surface area contributed by atoms with E-state index in [0.717, 1.165) is 50.2 Å². The lowest BCUT2D eigenvalue weighted by Crippen LogP contribution is -2.55. The number of rotatable bonds is 2. The quantitative estimate of drug-likeness (QED) is 0.722. The Bertz CT molecular complexity index is 1020. The number of hydrogen-bond donors (Lipinski definition) is 2. The summed E-state index contributed by atoms with van der Waals surface area (Å²) in [5, 5.41) is 5.02. The van der Waals surface area contributed by atoms with Crippen LogP contribution >= 0.6 is 0 Å². The first-order valence-electron chi connectivity index (χ1n) is 9.85. The van der Waals surface area contributed by atoms with Gasteiger partial charge in [-0.3, -0.25) is 9.78 Å². The lowest BCUT2D eigenvalue weighted by molar-refractivity contribution is 0.0621. The fourth-order valence-corrected chi connectivity index (χ4v) is 4.71. The zero-order chi connectivity index (χ0) is 19.1. The number of nitrogens with zero attached hydrogens (tertiary/aromatic N) is 2. The Morgan fingerprint density at radius 3 is 2.82 bits per heavy atom. The molecule has 1 aromatic carbocycles. The zero-order valence-corrected chi connectivity index (χ0v) is 16.0. The highest BCUT2D eigenvalue weighted by Crippen LogP contribution is 2.40. The number of ether oxygens (including phenoxy) is 1. The normalized spacial score (nSPS) is 18.2. The first kappa shape index (κ1) is 17.3. The number of methoxy groups -OCH3 is 1. The van der Waals surface area contributed by atoms with Gasteiger partial charge in [0.25, 0.3) is 5.91 Å². The van der Waals surface area contributed by atoms with Gasteiger partial charge in [-0.25, -0.2) is 0 Å². The third kappa shape index (κ3) is 2.67. The number of likely N-dealkylation sites (tertiary alicyclic amines) is 1. The summed E-state index contributed by atoms with van der Waals surface area (Å²) in [6, 6.07) is 11.7. The van der Waals surface area contributed by atoms with E-state index in [1.54, 1.807) is 19.4 Å². The van der Waals surface area contributed by atoms with Gasteiger partial charge in [0.2, 0.25) is 0 Å². The molecule has 1 saturated heterocycles. The molecule has 0 saturated carbocycles. The van der Waals surface area contributed by atoms with E-state index in [0.29, 0.717) is 5.69 Å². The van der Waals surface area contributed by atoms with Gasteiger partial charge in [-0.05, 0) is 55.2 Å². The highest BCUT2D eigenvalue weighted by atomic mass is 16.5. The Balaban J connectivity index is 1.43. The van der Waals surface area contributed by atoms with Gasteiger partial charge in [-0.15, -0.1) is 0 Å². The van der Waals surface area contributed by atoms with E-state index in [9.17, 15) is 4.79 Å². The molecule has 28 heavy (non-hydrogen) atoms. The number of aromatic amines is 1. The minimum Gasteiger partial charge on any atom is -0.497 e. The van der Waals surface area contributed by atoms with Crippen molar-refractivity contribution in [3.63, 3.8) is 0 Å². The van der Waals surface area contributed by atoms with Crippen LogP contribution in [0, 0.1) is 0 Å². The Morgan fingerprint density at radius 2 is 2.07 bits per heavy atom. The molecule has 6 heteroatoms. The summed E-state index contributed by atoms with van der Waals surface area (Å²) in [5.41, 5.74) is 4.25. The average Bonchev–Trinajstić information content (AvgIpc) is 3.14. The minimum absolute atomic E-state index is 0.0212. The van der Waals surface area contributed by atoms with Crippen LogP contribution in [-0.4, -0.2) is 47.5 Å². The first-order valence-corrected chi connectivity index (χ1v) is 9.85. The predicted octanol–water partition coefficient (Wildman–Crippen LogP) is 2.85. The number of pyridine rings is 1. The van der Waals surface area contributed by atoms with Crippen LogP contribution in [0.25, 0.3) is 10.9 Å². The van der Waals surface area contributed by atoms with Gasteiger partial charge in [0, 0.05) is 42.4 Å². The number of fused-ring (bicyclic) bond motifs is 4. The standard InChI is InChI=1S/C22H24N4O2/c1-28-15-5-6-18-17(14-15)16-7-11-24-22(20(16)25-18)8-12-26(13-9-22)21(27)19-4-2-3-10-23-19/h2-6,10,14,24-25H,7-9,11-13H2,1H3. The van der Waals surface area contributed by atoms with E-state index in [1.807, 2.05) is 23.1 Å². The topological polar surface area (TPSA) is 70.2 Å². The summed E-state index contributed by atoms with van der Waals surface area (Å²) >= 11 is 0. The Hall–Kier alpha value is -2.86. The third-order valence-electron chi connectivity index (χ3n) is 6.22. The van der Waals surface area contributed by atoms with Crippen LogP contribution in [0.4, 0.5) is 0 Å². The predicted molar refractivity (Wildman–Crippen MR) is 108 cm³/mol. The molecule has 6 nitrogen and oxygen atoms in total. The van der Waals surface area contributed by atoms with Gasteiger partial charge >= 0.3 is 0 Å². The molecule has 1 amide bonds. The Labute approximate surface area is 163 Å². The Kier molecular flexibility index (Phi) is 4.09. The molecule has 0 aliphatic carbocycles. The van der Waals surface area contributed by atoms with E-state index in [2.05, 4.69) is 27.4 Å². The largest absolute Gasteiger partial charge is 0.497 e. The van der Waals surface area contributed by atoms with Gasteiger partial charge in [0.15, 0.2) is 0 Å². The fraction of sp³-hybridized carbons (Fsp3) is 0.364. The van der Waals surface area contributed by atoms with E-state index in [1.165, 1.54) is 16.6 Å². The number of aromatic nitrogens is 2. The minimum atomic E-state index is -0.0965. The number of hydrogen-bond acceptors (Lipinski definition) is 4. The Morgan fingerprint density at radius 1 is 1.21 bits per heavy atom. The van der Waals surface area contributed by atoms with Crippen molar-refractivity contribution in [1.82, 2.24) is 20.2 Å². The first-order chi connectivity index (χ1) is 13.7. The van der Waals surface area contributed by atoms with E-state index < -0.39 is 0 Å². The number of amides is 1. The van der Waals surface area contributed by atoms with Crippen molar-refractivity contribution in [3.05, 3.63) is 59.5 Å². The highest BCUT2D eigenvalue weighted by Gasteiger charge is 2.42. The van der Waals surface area contributed by atoms with Crippen molar-refractivity contribution in [2.24, 2.45) is 0 Å². The van der Waals surface area contributed by atoms with Crippen LogP contribution in [0.1, 0.15) is 34.6 Å². The molecule has 0 bridgehead atoms. The fourth-order valence-electron chi connectivity index (χ4n) is 4.71. The molecule has 144 valence electrons. The molecule has 0 unspecified atom stereocenters. The van der Waals surface area contributed by atoms with Crippen molar-refractivity contribution in [2.75, 3.05) is 26.7 Å². The molecular weight excluding hydrogens is 352 g/mol. The lowest BCUT2D eigenvalue weighted by Gasteiger charge is -2.44. The van der Waals surface area contributed by atoms with Crippen molar-refractivity contribution in [3.8, 4) is 5.75 Å². The van der Waals surface area contributed by atoms with Crippen LogP contribution in [0.3, 0.4) is 0 Å². The van der Waals surface area contributed by atoms with Crippen LogP contribution < -0.4 is 10.1 Å².